The molecule has 0 bridgehead atoms. The standard InChI is InChI=1S/C25H35NO2/c1-4-7-10-18-15-19(11-8-5-2)24-21(16-18)17-20(12-9-6-3)25(24)26-22(27)13-14-23(26)28/h13-16,20,25H,4-12,17H2,1-3H3/t20-,25-/m0/s1. The molecule has 1 aromatic carbocycles. The number of fused-ring (bicyclic) bond motifs is 1. The summed E-state index contributed by atoms with van der Waals surface area (Å²) >= 11 is 0. The van der Waals surface area contributed by atoms with E-state index in [-0.39, 0.29) is 17.9 Å². The molecule has 2 amide bonds. The summed E-state index contributed by atoms with van der Waals surface area (Å²) in [6.45, 7) is 6.67. The van der Waals surface area contributed by atoms with Gasteiger partial charge in [0, 0.05) is 12.2 Å². The fraction of sp³-hybridized carbons (Fsp3) is 0.600. The Morgan fingerprint density at radius 3 is 2.18 bits per heavy atom. The molecule has 0 spiro atoms. The molecule has 152 valence electrons. The number of rotatable bonds is 10. The fourth-order valence-corrected chi connectivity index (χ4v) is 4.88. The van der Waals surface area contributed by atoms with E-state index in [4.69, 9.17) is 0 Å². The number of benzene rings is 1. The van der Waals surface area contributed by atoms with Gasteiger partial charge in [0.1, 0.15) is 0 Å². The molecule has 1 heterocycles. The molecule has 2 aliphatic rings. The topological polar surface area (TPSA) is 37.4 Å². The molecule has 1 aromatic rings. The van der Waals surface area contributed by atoms with Gasteiger partial charge in [-0.15, -0.1) is 0 Å². The Morgan fingerprint density at radius 1 is 0.893 bits per heavy atom. The van der Waals surface area contributed by atoms with Gasteiger partial charge in [-0.2, -0.15) is 0 Å². The Bertz CT molecular complexity index is 731. The number of hydrogen-bond donors (Lipinski definition) is 0. The summed E-state index contributed by atoms with van der Waals surface area (Å²) in [7, 11) is 0. The minimum absolute atomic E-state index is 0.0800. The van der Waals surface area contributed by atoms with Crippen LogP contribution in [0.5, 0.6) is 0 Å². The second-order valence-corrected chi connectivity index (χ2v) is 8.47. The van der Waals surface area contributed by atoms with E-state index in [0.717, 1.165) is 51.4 Å². The zero-order valence-electron chi connectivity index (χ0n) is 17.8. The zero-order valence-corrected chi connectivity index (χ0v) is 17.8. The molecule has 0 saturated heterocycles. The molecular formula is C25H35NO2. The van der Waals surface area contributed by atoms with E-state index in [1.165, 1.54) is 47.2 Å². The predicted octanol–water partition coefficient (Wildman–Crippen LogP) is 5.70. The minimum atomic E-state index is -0.138. The molecule has 3 nitrogen and oxygen atoms in total. The summed E-state index contributed by atoms with van der Waals surface area (Å²) in [5, 5.41) is 0. The number of hydrogen-bond acceptors (Lipinski definition) is 2. The lowest BCUT2D eigenvalue weighted by Crippen LogP contribution is -2.37. The summed E-state index contributed by atoms with van der Waals surface area (Å²) in [6, 6.07) is 4.67. The van der Waals surface area contributed by atoms with Gasteiger partial charge in [0.2, 0.25) is 0 Å². The van der Waals surface area contributed by atoms with Gasteiger partial charge < -0.3 is 0 Å². The van der Waals surface area contributed by atoms with Crippen LogP contribution in [-0.2, 0) is 28.9 Å². The maximum atomic E-state index is 12.6. The van der Waals surface area contributed by atoms with E-state index >= 15 is 0 Å². The molecule has 1 aliphatic heterocycles. The number of imide groups is 1. The summed E-state index contributed by atoms with van der Waals surface area (Å²) in [4.78, 5) is 26.7. The third-order valence-corrected chi connectivity index (χ3v) is 6.30. The highest BCUT2D eigenvalue weighted by atomic mass is 16.2. The lowest BCUT2D eigenvalue weighted by atomic mass is 9.89. The third kappa shape index (κ3) is 4.24. The maximum absolute atomic E-state index is 12.6. The van der Waals surface area contributed by atoms with Crippen molar-refractivity contribution in [2.24, 2.45) is 5.92 Å². The summed E-state index contributed by atoms with van der Waals surface area (Å²) in [6.07, 6.45) is 14.1. The van der Waals surface area contributed by atoms with Crippen LogP contribution in [0.3, 0.4) is 0 Å². The van der Waals surface area contributed by atoms with Gasteiger partial charge in [-0.1, -0.05) is 58.6 Å². The van der Waals surface area contributed by atoms with E-state index in [0.29, 0.717) is 5.92 Å². The lowest BCUT2D eigenvalue weighted by Gasteiger charge is -2.30. The van der Waals surface area contributed by atoms with Crippen molar-refractivity contribution in [1.29, 1.82) is 0 Å². The van der Waals surface area contributed by atoms with Gasteiger partial charge in [0.15, 0.2) is 0 Å². The number of nitrogens with zero attached hydrogens (tertiary/aromatic N) is 1. The second kappa shape index (κ2) is 9.54. The molecule has 3 heteroatoms. The number of carbonyl (C=O) groups is 2. The van der Waals surface area contributed by atoms with Crippen molar-refractivity contribution < 1.29 is 9.59 Å². The van der Waals surface area contributed by atoms with Gasteiger partial charge in [-0.05, 0) is 66.7 Å². The predicted molar refractivity (Wildman–Crippen MR) is 114 cm³/mol. The molecule has 28 heavy (non-hydrogen) atoms. The van der Waals surface area contributed by atoms with Crippen LogP contribution in [0.15, 0.2) is 24.3 Å². The Morgan fingerprint density at radius 2 is 1.54 bits per heavy atom. The van der Waals surface area contributed by atoms with Gasteiger partial charge in [0.05, 0.1) is 6.04 Å². The zero-order chi connectivity index (χ0) is 20.1. The van der Waals surface area contributed by atoms with Crippen LogP contribution in [0.25, 0.3) is 0 Å². The molecule has 0 aromatic heterocycles. The Balaban J connectivity index is 2.03. The summed E-state index contributed by atoms with van der Waals surface area (Å²) < 4.78 is 0. The van der Waals surface area contributed by atoms with Crippen molar-refractivity contribution in [3.05, 3.63) is 46.5 Å². The third-order valence-electron chi connectivity index (χ3n) is 6.30. The second-order valence-electron chi connectivity index (χ2n) is 8.47. The van der Waals surface area contributed by atoms with E-state index in [1.807, 2.05) is 0 Å². The van der Waals surface area contributed by atoms with Gasteiger partial charge in [-0.25, -0.2) is 0 Å². The van der Waals surface area contributed by atoms with Crippen molar-refractivity contribution in [2.75, 3.05) is 0 Å². The largest absolute Gasteiger partial charge is 0.269 e. The monoisotopic (exact) mass is 381 g/mol. The van der Waals surface area contributed by atoms with Crippen LogP contribution in [0.2, 0.25) is 0 Å². The first-order valence-electron chi connectivity index (χ1n) is 11.3. The van der Waals surface area contributed by atoms with Crippen molar-refractivity contribution in [2.45, 2.75) is 91.0 Å². The molecular weight excluding hydrogens is 346 g/mol. The fourth-order valence-electron chi connectivity index (χ4n) is 4.88. The van der Waals surface area contributed by atoms with Crippen LogP contribution in [0, 0.1) is 5.92 Å². The highest BCUT2D eigenvalue weighted by molar-refractivity contribution is 6.13. The SMILES string of the molecule is CCCCc1cc(CCCC)c2c(c1)C[C@H](CCCC)[C@@H]2N1C(=O)C=CC1=O. The molecule has 2 atom stereocenters. The first kappa shape index (κ1) is 20.8. The van der Waals surface area contributed by atoms with Crippen LogP contribution in [0.1, 0.15) is 94.0 Å². The summed E-state index contributed by atoms with van der Waals surface area (Å²) in [5.74, 6) is 0.0752. The first-order valence-corrected chi connectivity index (χ1v) is 11.3. The molecule has 0 fully saturated rings. The number of amides is 2. The van der Waals surface area contributed by atoms with Crippen molar-refractivity contribution in [1.82, 2.24) is 4.90 Å². The summed E-state index contributed by atoms with van der Waals surface area (Å²) in [5.41, 5.74) is 5.49. The normalized spacial score (nSPS) is 21.0. The molecule has 0 N–H and O–H groups in total. The Hall–Kier alpha value is -1.90. The van der Waals surface area contributed by atoms with Crippen LogP contribution >= 0.6 is 0 Å². The van der Waals surface area contributed by atoms with E-state index in [1.54, 1.807) is 4.90 Å². The molecule has 0 saturated carbocycles. The average molecular weight is 382 g/mol. The molecule has 3 rings (SSSR count). The lowest BCUT2D eigenvalue weighted by molar-refractivity contribution is -0.140. The van der Waals surface area contributed by atoms with Crippen LogP contribution in [-0.4, -0.2) is 16.7 Å². The maximum Gasteiger partial charge on any atom is 0.254 e. The molecule has 1 aliphatic carbocycles. The highest BCUT2D eigenvalue weighted by Crippen LogP contribution is 2.46. The van der Waals surface area contributed by atoms with Gasteiger partial charge in [0.25, 0.3) is 11.8 Å². The number of unbranched alkanes of at least 4 members (excludes halogenated alkanes) is 3. The Labute approximate surface area is 170 Å². The van der Waals surface area contributed by atoms with Crippen molar-refractivity contribution >= 4 is 11.8 Å². The van der Waals surface area contributed by atoms with Gasteiger partial charge in [-0.3, -0.25) is 14.5 Å². The van der Waals surface area contributed by atoms with Crippen LogP contribution < -0.4 is 0 Å². The molecule has 0 unspecified atom stereocenters. The van der Waals surface area contributed by atoms with E-state index in [9.17, 15) is 9.59 Å². The van der Waals surface area contributed by atoms with E-state index < -0.39 is 0 Å². The van der Waals surface area contributed by atoms with Crippen molar-refractivity contribution in [3.63, 3.8) is 0 Å². The van der Waals surface area contributed by atoms with Gasteiger partial charge >= 0.3 is 0 Å². The first-order chi connectivity index (χ1) is 13.6. The average Bonchev–Trinajstić information content (AvgIpc) is 3.21. The number of aryl methyl sites for hydroxylation is 2. The van der Waals surface area contributed by atoms with Crippen LogP contribution in [0.4, 0.5) is 0 Å². The smallest absolute Gasteiger partial charge is 0.254 e. The van der Waals surface area contributed by atoms with E-state index in [2.05, 4.69) is 32.9 Å². The number of carbonyl (C=O) groups excluding carboxylic acids is 2. The highest BCUT2D eigenvalue weighted by Gasteiger charge is 2.43. The Kier molecular flexibility index (Phi) is 7.09. The quantitative estimate of drug-likeness (QED) is 0.488. The minimum Gasteiger partial charge on any atom is -0.269 e. The van der Waals surface area contributed by atoms with Crippen molar-refractivity contribution in [3.8, 4) is 0 Å². The molecule has 0 radical (unpaired) electrons.